The predicted octanol–water partition coefficient (Wildman–Crippen LogP) is 5.44. The monoisotopic (exact) mass is 549 g/mol. The van der Waals surface area contributed by atoms with E-state index in [1.54, 1.807) is 30.6 Å². The highest BCUT2D eigenvalue weighted by Gasteiger charge is 2.26. The normalized spacial score (nSPS) is 12.4. The largest absolute Gasteiger partial charge is 0.394 e. The van der Waals surface area contributed by atoms with Crippen LogP contribution in [0.15, 0.2) is 59.7 Å². The van der Waals surface area contributed by atoms with Gasteiger partial charge in [-0.25, -0.2) is 4.52 Å². The Labute approximate surface area is 228 Å². The minimum atomic E-state index is -0.774. The molecule has 3 heterocycles. The Morgan fingerprint density at radius 2 is 1.89 bits per heavy atom. The second-order valence-electron chi connectivity index (χ2n) is 9.48. The number of halogens is 2. The Balaban J connectivity index is 1.58. The lowest BCUT2D eigenvalue weighted by Crippen LogP contribution is -2.31. The van der Waals surface area contributed by atoms with Crippen molar-refractivity contribution in [3.05, 3.63) is 97.6 Å². The molecule has 1 unspecified atom stereocenters. The van der Waals surface area contributed by atoms with Crippen molar-refractivity contribution in [3.63, 3.8) is 0 Å². The number of aryl methyl sites for hydroxylation is 1. The van der Waals surface area contributed by atoms with Crippen molar-refractivity contribution in [2.75, 3.05) is 6.61 Å². The highest BCUT2D eigenvalue weighted by molar-refractivity contribution is 6.34. The second-order valence-corrected chi connectivity index (χ2v) is 10.4. The number of nitrogens with zero attached hydrogens (tertiary/aromatic N) is 3. The fraction of sp³-hybridized carbons (Fsp3) is 0.214. The molecule has 0 aliphatic rings. The number of hydrogen-bond acceptors (Lipinski definition) is 5. The van der Waals surface area contributed by atoms with E-state index in [0.717, 1.165) is 22.0 Å². The third-order valence-corrected chi connectivity index (χ3v) is 6.92. The summed E-state index contributed by atoms with van der Waals surface area (Å²) in [5.74, 6) is -0.713. The third kappa shape index (κ3) is 4.78. The van der Waals surface area contributed by atoms with Crippen molar-refractivity contribution >= 4 is 45.5 Å². The van der Waals surface area contributed by atoms with Gasteiger partial charge in [0.25, 0.3) is 11.5 Å². The smallest absolute Gasteiger partial charge is 0.274 e. The van der Waals surface area contributed by atoms with E-state index in [1.807, 2.05) is 45.0 Å². The third-order valence-electron chi connectivity index (χ3n) is 6.48. The first kappa shape index (κ1) is 25.9. The molecule has 0 spiro atoms. The van der Waals surface area contributed by atoms with Crippen LogP contribution in [0.4, 0.5) is 0 Å². The number of hydrogen-bond donors (Lipinski definition) is 3. The number of nitrogens with one attached hydrogen (secondary N) is 2. The van der Waals surface area contributed by atoms with E-state index >= 15 is 0 Å². The number of aliphatic hydroxyl groups excluding tert-OH is 1. The first-order valence-corrected chi connectivity index (χ1v) is 12.8. The Bertz CT molecular complexity index is 1740. The van der Waals surface area contributed by atoms with Gasteiger partial charge in [-0.3, -0.25) is 14.6 Å². The van der Waals surface area contributed by atoms with E-state index in [2.05, 4.69) is 20.4 Å². The molecule has 5 aromatic rings. The summed E-state index contributed by atoms with van der Waals surface area (Å²) in [7, 11) is 0. The van der Waals surface area contributed by atoms with Gasteiger partial charge in [-0.2, -0.15) is 5.10 Å². The lowest BCUT2D eigenvalue weighted by Gasteiger charge is -2.17. The van der Waals surface area contributed by atoms with E-state index in [1.165, 1.54) is 4.52 Å². The van der Waals surface area contributed by atoms with Crippen LogP contribution >= 0.6 is 23.2 Å². The Kier molecular flexibility index (Phi) is 6.96. The minimum absolute atomic E-state index is 0.0988. The lowest BCUT2D eigenvalue weighted by atomic mass is 10.0. The number of fused-ring (bicyclic) bond motifs is 2. The molecule has 0 radical (unpaired) electrons. The fourth-order valence-electron chi connectivity index (χ4n) is 4.65. The molecule has 0 bridgehead atoms. The zero-order valence-corrected chi connectivity index (χ0v) is 22.4. The van der Waals surface area contributed by atoms with E-state index in [4.69, 9.17) is 23.2 Å². The summed E-state index contributed by atoms with van der Waals surface area (Å²) in [5.41, 5.74) is 4.23. The summed E-state index contributed by atoms with van der Waals surface area (Å²) in [6.07, 6.45) is 3.38. The highest BCUT2D eigenvalue weighted by Crippen LogP contribution is 2.28. The summed E-state index contributed by atoms with van der Waals surface area (Å²) < 4.78 is 1.44. The molecular formula is C28H25Cl2N5O3. The second kappa shape index (κ2) is 10.2. The summed E-state index contributed by atoms with van der Waals surface area (Å²) in [5, 5.41) is 19.0. The standard InChI is InChI=1S/C28H25Cl2N5O3/c1-14(2)24-25(27(37)33-23(13-36)16-7-18(29)10-19(30)8-16)34-35-12-22(32-28(38)26(24)35)17-9-20-15(3)5-4-6-21(20)31-11-17/h4-12,14,23,36H,13H2,1-3H3,(H,32,38)(H,33,37). The number of rotatable bonds is 6. The van der Waals surface area contributed by atoms with Crippen LogP contribution in [0.1, 0.15) is 53.0 Å². The Morgan fingerprint density at radius 1 is 1.16 bits per heavy atom. The van der Waals surface area contributed by atoms with Gasteiger partial charge in [0.2, 0.25) is 0 Å². The minimum Gasteiger partial charge on any atom is -0.394 e. The molecule has 1 atom stereocenters. The molecule has 38 heavy (non-hydrogen) atoms. The molecule has 10 heteroatoms. The van der Waals surface area contributed by atoms with Crippen molar-refractivity contribution in [1.29, 1.82) is 0 Å². The van der Waals surface area contributed by atoms with Gasteiger partial charge >= 0.3 is 0 Å². The summed E-state index contributed by atoms with van der Waals surface area (Å²) in [6.45, 7) is 5.39. The van der Waals surface area contributed by atoms with Gasteiger partial charge in [-0.1, -0.05) is 49.2 Å². The topological polar surface area (TPSA) is 112 Å². The molecule has 0 aliphatic heterocycles. The number of benzene rings is 2. The molecule has 5 rings (SSSR count). The quantitative estimate of drug-likeness (QED) is 0.261. The zero-order chi connectivity index (χ0) is 27.1. The number of H-pyrrole nitrogens is 1. The number of pyridine rings is 1. The van der Waals surface area contributed by atoms with Crippen LogP contribution in [0.25, 0.3) is 27.7 Å². The molecule has 3 aromatic heterocycles. The SMILES string of the molecule is Cc1cccc2ncc(-c3cn4nc(C(=O)NC(CO)c5cc(Cl)cc(Cl)c5)c(C(C)C)c4c(=O)[nH]3)cc12. The van der Waals surface area contributed by atoms with Gasteiger partial charge in [-0.05, 0) is 54.3 Å². The van der Waals surface area contributed by atoms with Crippen molar-refractivity contribution in [2.24, 2.45) is 0 Å². The number of aromatic nitrogens is 4. The maximum Gasteiger partial charge on any atom is 0.274 e. The van der Waals surface area contributed by atoms with Crippen molar-refractivity contribution in [3.8, 4) is 11.3 Å². The van der Waals surface area contributed by atoms with Gasteiger partial charge in [0.1, 0.15) is 5.52 Å². The van der Waals surface area contributed by atoms with Crippen LogP contribution in [0.2, 0.25) is 10.0 Å². The van der Waals surface area contributed by atoms with Crippen LogP contribution in [0.3, 0.4) is 0 Å². The number of carbonyl (C=O) groups is 1. The lowest BCUT2D eigenvalue weighted by molar-refractivity contribution is 0.0909. The van der Waals surface area contributed by atoms with Crippen molar-refractivity contribution < 1.29 is 9.90 Å². The van der Waals surface area contributed by atoms with Crippen LogP contribution in [0.5, 0.6) is 0 Å². The molecule has 0 saturated carbocycles. The molecule has 194 valence electrons. The molecule has 0 saturated heterocycles. The number of aliphatic hydroxyl groups is 1. The van der Waals surface area contributed by atoms with Gasteiger partial charge in [0, 0.05) is 32.8 Å². The molecule has 8 nitrogen and oxygen atoms in total. The maximum absolute atomic E-state index is 13.4. The maximum atomic E-state index is 13.4. The van der Waals surface area contributed by atoms with Crippen molar-refractivity contribution in [2.45, 2.75) is 32.7 Å². The summed E-state index contributed by atoms with van der Waals surface area (Å²) in [6, 6.07) is 11.9. The van der Waals surface area contributed by atoms with Crippen LogP contribution in [0, 0.1) is 6.92 Å². The van der Waals surface area contributed by atoms with Crippen molar-refractivity contribution in [1.82, 2.24) is 24.9 Å². The molecule has 1 amide bonds. The first-order valence-electron chi connectivity index (χ1n) is 12.0. The van der Waals surface area contributed by atoms with E-state index in [0.29, 0.717) is 26.9 Å². The molecular weight excluding hydrogens is 525 g/mol. The zero-order valence-electron chi connectivity index (χ0n) is 20.9. The molecule has 2 aromatic carbocycles. The van der Waals surface area contributed by atoms with Crippen LogP contribution < -0.4 is 10.9 Å². The van der Waals surface area contributed by atoms with E-state index in [9.17, 15) is 14.7 Å². The van der Waals surface area contributed by atoms with Crippen LogP contribution in [-0.4, -0.2) is 37.2 Å². The first-order chi connectivity index (χ1) is 18.2. The van der Waals surface area contributed by atoms with Crippen LogP contribution in [-0.2, 0) is 0 Å². The fourth-order valence-corrected chi connectivity index (χ4v) is 5.19. The number of amides is 1. The summed E-state index contributed by atoms with van der Waals surface area (Å²) in [4.78, 5) is 34.2. The van der Waals surface area contributed by atoms with E-state index in [-0.39, 0.29) is 29.3 Å². The molecule has 0 aliphatic carbocycles. The van der Waals surface area contributed by atoms with Gasteiger partial charge in [0.05, 0.1) is 30.1 Å². The summed E-state index contributed by atoms with van der Waals surface area (Å²) >= 11 is 12.2. The highest BCUT2D eigenvalue weighted by atomic mass is 35.5. The predicted molar refractivity (Wildman–Crippen MR) is 149 cm³/mol. The molecule has 0 fully saturated rings. The Hall–Kier alpha value is -3.72. The van der Waals surface area contributed by atoms with Gasteiger partial charge in [-0.15, -0.1) is 0 Å². The van der Waals surface area contributed by atoms with Gasteiger partial charge < -0.3 is 15.4 Å². The average Bonchev–Trinajstić information content (AvgIpc) is 3.27. The average molecular weight is 550 g/mol. The number of aromatic amines is 1. The number of carbonyl (C=O) groups excluding carboxylic acids is 1. The van der Waals surface area contributed by atoms with E-state index < -0.39 is 11.9 Å². The van der Waals surface area contributed by atoms with Gasteiger partial charge in [0.15, 0.2) is 5.69 Å². The molecule has 3 N–H and O–H groups in total. The Morgan fingerprint density at radius 3 is 2.58 bits per heavy atom.